The number of nitrogens with two attached hydrogens (primary N) is 1. The van der Waals surface area contributed by atoms with Gasteiger partial charge in [0.25, 0.3) is 0 Å². The molecule has 3 nitrogen and oxygen atoms in total. The summed E-state index contributed by atoms with van der Waals surface area (Å²) in [7, 11) is 0. The van der Waals surface area contributed by atoms with Crippen molar-refractivity contribution < 1.29 is 0 Å². The fourth-order valence-corrected chi connectivity index (χ4v) is 1.84. The number of rotatable bonds is 3. The highest BCUT2D eigenvalue weighted by Gasteiger charge is 2.03. The van der Waals surface area contributed by atoms with Gasteiger partial charge in [-0.3, -0.25) is 0 Å². The highest BCUT2D eigenvalue weighted by atomic mass is 79.9. The summed E-state index contributed by atoms with van der Waals surface area (Å²) in [5.74, 6) is 0. The summed E-state index contributed by atoms with van der Waals surface area (Å²) >= 11 is 3.37. The fraction of sp³-hybridized carbons (Fsp3) is 0.250. The van der Waals surface area contributed by atoms with Gasteiger partial charge < -0.3 is 5.73 Å². The van der Waals surface area contributed by atoms with Crippen molar-refractivity contribution in [2.75, 3.05) is 0 Å². The van der Waals surface area contributed by atoms with E-state index in [1.165, 1.54) is 0 Å². The zero-order chi connectivity index (χ0) is 11.5. The van der Waals surface area contributed by atoms with Gasteiger partial charge >= 0.3 is 0 Å². The van der Waals surface area contributed by atoms with Crippen LogP contribution in [-0.2, 0) is 0 Å². The van der Waals surface area contributed by atoms with Gasteiger partial charge in [0.1, 0.15) is 0 Å². The number of hydrogen-bond donors (Lipinski definition) is 1. The maximum Gasteiger partial charge on any atom is 0.0646 e. The van der Waals surface area contributed by atoms with Crippen molar-refractivity contribution in [3.05, 3.63) is 46.7 Å². The maximum absolute atomic E-state index is 5.96. The topological polar surface area (TPSA) is 43.8 Å². The largest absolute Gasteiger partial charge is 0.324 e. The Morgan fingerprint density at radius 3 is 2.56 bits per heavy atom. The quantitative estimate of drug-likeness (QED) is 0.939. The second-order valence-electron chi connectivity index (χ2n) is 3.71. The number of halogens is 1. The second-order valence-corrected chi connectivity index (χ2v) is 4.63. The summed E-state index contributed by atoms with van der Waals surface area (Å²) in [6.45, 7) is 2.09. The van der Waals surface area contributed by atoms with Gasteiger partial charge in [0.2, 0.25) is 0 Å². The second kappa shape index (κ2) is 4.80. The third-order valence-electron chi connectivity index (χ3n) is 2.58. The van der Waals surface area contributed by atoms with E-state index in [-0.39, 0.29) is 6.04 Å². The molecule has 1 unspecified atom stereocenters. The molecule has 1 aromatic heterocycles. The minimum Gasteiger partial charge on any atom is -0.324 e. The summed E-state index contributed by atoms with van der Waals surface area (Å²) in [6, 6.07) is 8.30. The normalized spacial score (nSPS) is 12.7. The van der Waals surface area contributed by atoms with Crippen molar-refractivity contribution in [2.24, 2.45) is 5.73 Å². The van der Waals surface area contributed by atoms with Crippen LogP contribution in [0.25, 0.3) is 5.69 Å². The zero-order valence-electron chi connectivity index (χ0n) is 9.10. The third kappa shape index (κ3) is 2.33. The predicted octanol–water partition coefficient (Wildman–Crippen LogP) is 3.04. The molecule has 1 atom stereocenters. The highest BCUT2D eigenvalue weighted by Crippen LogP contribution is 2.17. The standard InChI is InChI=1S/C12H14BrN3/c1-2-12(14)9-3-5-11(6-4-9)16-8-10(13)7-15-16/h3-8,12H,2,14H2,1H3. The molecule has 0 saturated carbocycles. The van der Waals surface area contributed by atoms with Crippen molar-refractivity contribution in [3.8, 4) is 5.69 Å². The predicted molar refractivity (Wildman–Crippen MR) is 68.5 cm³/mol. The van der Waals surface area contributed by atoms with Gasteiger partial charge in [-0.15, -0.1) is 0 Å². The molecule has 0 aliphatic carbocycles. The van der Waals surface area contributed by atoms with Gasteiger partial charge in [0.05, 0.1) is 16.4 Å². The van der Waals surface area contributed by atoms with E-state index in [9.17, 15) is 0 Å². The van der Waals surface area contributed by atoms with Crippen molar-refractivity contribution >= 4 is 15.9 Å². The summed E-state index contributed by atoms with van der Waals surface area (Å²) in [4.78, 5) is 0. The Bertz CT molecular complexity index is 461. The minimum absolute atomic E-state index is 0.124. The molecule has 1 heterocycles. The first-order chi connectivity index (χ1) is 7.70. The van der Waals surface area contributed by atoms with Gasteiger partial charge in [0.15, 0.2) is 0 Å². The molecule has 4 heteroatoms. The van der Waals surface area contributed by atoms with Crippen molar-refractivity contribution in [1.29, 1.82) is 0 Å². The van der Waals surface area contributed by atoms with Crippen LogP contribution >= 0.6 is 15.9 Å². The lowest BCUT2D eigenvalue weighted by Crippen LogP contribution is -2.08. The molecule has 2 N–H and O–H groups in total. The molecule has 0 amide bonds. The van der Waals surface area contributed by atoms with Crippen LogP contribution in [-0.4, -0.2) is 9.78 Å². The molecular formula is C12H14BrN3. The SMILES string of the molecule is CCC(N)c1ccc(-n2cc(Br)cn2)cc1. The van der Waals surface area contributed by atoms with E-state index in [0.29, 0.717) is 0 Å². The van der Waals surface area contributed by atoms with Gasteiger partial charge in [-0.05, 0) is 40.0 Å². The van der Waals surface area contributed by atoms with Crippen LogP contribution in [0.5, 0.6) is 0 Å². The summed E-state index contributed by atoms with van der Waals surface area (Å²) in [5, 5.41) is 4.22. The Hall–Kier alpha value is -1.13. The molecular weight excluding hydrogens is 266 g/mol. The third-order valence-corrected chi connectivity index (χ3v) is 2.99. The van der Waals surface area contributed by atoms with Crippen molar-refractivity contribution in [1.82, 2.24) is 9.78 Å². The van der Waals surface area contributed by atoms with Crippen molar-refractivity contribution in [3.63, 3.8) is 0 Å². The average Bonchev–Trinajstić information content (AvgIpc) is 2.75. The summed E-state index contributed by atoms with van der Waals surface area (Å²) in [6.07, 6.45) is 4.65. The monoisotopic (exact) mass is 279 g/mol. The van der Waals surface area contributed by atoms with Crippen LogP contribution in [0.2, 0.25) is 0 Å². The molecule has 0 saturated heterocycles. The molecule has 1 aromatic carbocycles. The molecule has 16 heavy (non-hydrogen) atoms. The van der Waals surface area contributed by atoms with Crippen LogP contribution in [0, 0.1) is 0 Å². The number of benzene rings is 1. The van der Waals surface area contributed by atoms with E-state index in [1.807, 2.05) is 23.0 Å². The number of aromatic nitrogens is 2. The Balaban J connectivity index is 2.25. The van der Waals surface area contributed by atoms with E-state index in [1.54, 1.807) is 6.20 Å². The Morgan fingerprint density at radius 1 is 1.38 bits per heavy atom. The van der Waals surface area contributed by atoms with Crippen molar-refractivity contribution in [2.45, 2.75) is 19.4 Å². The van der Waals surface area contributed by atoms with Crippen LogP contribution in [0.1, 0.15) is 24.9 Å². The zero-order valence-corrected chi connectivity index (χ0v) is 10.7. The molecule has 84 valence electrons. The molecule has 0 radical (unpaired) electrons. The molecule has 0 aliphatic heterocycles. The van der Waals surface area contributed by atoms with E-state index in [2.05, 4.69) is 40.1 Å². The lowest BCUT2D eigenvalue weighted by molar-refractivity contribution is 0.698. The summed E-state index contributed by atoms with van der Waals surface area (Å²) < 4.78 is 2.80. The first-order valence-corrected chi connectivity index (χ1v) is 6.06. The first-order valence-electron chi connectivity index (χ1n) is 5.27. The molecule has 2 aromatic rings. The van der Waals surface area contributed by atoms with E-state index in [4.69, 9.17) is 5.73 Å². The molecule has 0 fully saturated rings. The van der Waals surface area contributed by atoms with Crippen LogP contribution in [0.4, 0.5) is 0 Å². The van der Waals surface area contributed by atoms with E-state index in [0.717, 1.165) is 22.1 Å². The van der Waals surface area contributed by atoms with Crippen LogP contribution in [0.3, 0.4) is 0 Å². The molecule has 0 spiro atoms. The van der Waals surface area contributed by atoms with E-state index >= 15 is 0 Å². The lowest BCUT2D eigenvalue weighted by Gasteiger charge is -2.09. The highest BCUT2D eigenvalue weighted by molar-refractivity contribution is 9.10. The Morgan fingerprint density at radius 2 is 2.06 bits per heavy atom. The van der Waals surface area contributed by atoms with E-state index < -0.39 is 0 Å². The molecule has 0 bridgehead atoms. The van der Waals surface area contributed by atoms with Gasteiger partial charge in [0, 0.05) is 12.2 Å². The average molecular weight is 280 g/mol. The Labute approximate surface area is 103 Å². The maximum atomic E-state index is 5.96. The fourth-order valence-electron chi connectivity index (χ4n) is 1.55. The lowest BCUT2D eigenvalue weighted by atomic mass is 10.1. The van der Waals surface area contributed by atoms with Gasteiger partial charge in [-0.1, -0.05) is 19.1 Å². The number of hydrogen-bond acceptors (Lipinski definition) is 2. The number of nitrogens with zero attached hydrogens (tertiary/aromatic N) is 2. The molecule has 2 rings (SSSR count). The summed E-state index contributed by atoms with van der Waals surface area (Å²) in [5.41, 5.74) is 8.16. The van der Waals surface area contributed by atoms with Gasteiger partial charge in [-0.25, -0.2) is 4.68 Å². The smallest absolute Gasteiger partial charge is 0.0646 e. The van der Waals surface area contributed by atoms with Crippen LogP contribution < -0.4 is 5.73 Å². The first kappa shape index (κ1) is 11.4. The Kier molecular flexibility index (Phi) is 3.41. The minimum atomic E-state index is 0.124. The van der Waals surface area contributed by atoms with Crippen LogP contribution in [0.15, 0.2) is 41.1 Å². The van der Waals surface area contributed by atoms with Gasteiger partial charge in [-0.2, -0.15) is 5.10 Å². The molecule has 0 aliphatic rings.